The molecule has 3 fully saturated rings. The van der Waals surface area contributed by atoms with Gasteiger partial charge in [-0.3, -0.25) is 9.59 Å². The van der Waals surface area contributed by atoms with Crippen molar-refractivity contribution in [2.24, 2.45) is 0 Å². The number of carbonyl (C=O) groups excluding carboxylic acids is 2. The molecule has 2 heterocycles. The molecular weight excluding hydrogens is 272 g/mol. The van der Waals surface area contributed by atoms with E-state index in [1.54, 1.807) is 4.90 Å². The van der Waals surface area contributed by atoms with E-state index in [4.69, 9.17) is 9.47 Å². The summed E-state index contributed by atoms with van der Waals surface area (Å²) in [7, 11) is 0. The van der Waals surface area contributed by atoms with Crippen LogP contribution >= 0.6 is 0 Å². The maximum Gasteiger partial charge on any atom is 0.249 e. The van der Waals surface area contributed by atoms with Crippen LogP contribution in [-0.2, 0) is 19.1 Å². The summed E-state index contributed by atoms with van der Waals surface area (Å²) in [6.07, 6.45) is 4.01. The van der Waals surface area contributed by atoms with E-state index in [2.05, 4.69) is 5.32 Å². The van der Waals surface area contributed by atoms with Gasteiger partial charge in [0.05, 0.1) is 32.5 Å². The summed E-state index contributed by atoms with van der Waals surface area (Å²) in [5.74, 6) is 0.0522. The lowest BCUT2D eigenvalue weighted by atomic mass is 9.90. The van der Waals surface area contributed by atoms with E-state index in [-0.39, 0.29) is 24.0 Å². The molecule has 2 aliphatic heterocycles. The highest BCUT2D eigenvalue weighted by Gasteiger charge is 2.51. The fourth-order valence-electron chi connectivity index (χ4n) is 3.73. The van der Waals surface area contributed by atoms with Crippen LogP contribution in [0.5, 0.6) is 0 Å². The van der Waals surface area contributed by atoms with Gasteiger partial charge < -0.3 is 19.7 Å². The Morgan fingerprint density at radius 1 is 1.29 bits per heavy atom. The Labute approximate surface area is 125 Å². The summed E-state index contributed by atoms with van der Waals surface area (Å²) in [6, 6.07) is -0.380. The first-order valence-corrected chi connectivity index (χ1v) is 7.99. The maximum absolute atomic E-state index is 13.0. The zero-order chi connectivity index (χ0) is 14.9. The van der Waals surface area contributed by atoms with E-state index >= 15 is 0 Å². The van der Waals surface area contributed by atoms with E-state index in [1.807, 2.05) is 6.92 Å². The standard InChI is InChI=1S/C15H24N2O4/c1-2-12-13(18)16-15(5-3-4-6-15)14(19)17(12)9-11-10-20-7-8-21-11/h11-12H,2-10H2,1H3,(H,16,18). The molecule has 118 valence electrons. The van der Waals surface area contributed by atoms with Crippen molar-refractivity contribution < 1.29 is 19.1 Å². The zero-order valence-corrected chi connectivity index (χ0v) is 12.6. The largest absolute Gasteiger partial charge is 0.376 e. The first-order valence-electron chi connectivity index (χ1n) is 7.99. The first-order chi connectivity index (χ1) is 10.2. The summed E-state index contributed by atoms with van der Waals surface area (Å²) in [6.45, 7) is 4.05. The van der Waals surface area contributed by atoms with Crippen molar-refractivity contribution >= 4 is 11.8 Å². The molecule has 0 radical (unpaired) electrons. The third kappa shape index (κ3) is 2.66. The molecule has 0 aromatic heterocycles. The van der Waals surface area contributed by atoms with Crippen molar-refractivity contribution in [1.29, 1.82) is 0 Å². The summed E-state index contributed by atoms with van der Waals surface area (Å²) in [5.41, 5.74) is -0.654. The second-order valence-corrected chi connectivity index (χ2v) is 6.23. The number of hydrogen-bond acceptors (Lipinski definition) is 4. The van der Waals surface area contributed by atoms with Gasteiger partial charge in [0.2, 0.25) is 11.8 Å². The average molecular weight is 296 g/mol. The number of ether oxygens (including phenoxy) is 2. The lowest BCUT2D eigenvalue weighted by Gasteiger charge is -2.45. The van der Waals surface area contributed by atoms with Crippen molar-refractivity contribution in [2.75, 3.05) is 26.4 Å². The van der Waals surface area contributed by atoms with E-state index in [0.717, 1.165) is 25.7 Å². The Bertz CT molecular complexity index is 414. The van der Waals surface area contributed by atoms with Gasteiger partial charge in [-0.05, 0) is 19.3 Å². The van der Waals surface area contributed by atoms with Crippen molar-refractivity contribution in [1.82, 2.24) is 10.2 Å². The lowest BCUT2D eigenvalue weighted by molar-refractivity contribution is -0.161. The van der Waals surface area contributed by atoms with Crippen molar-refractivity contribution in [3.63, 3.8) is 0 Å². The van der Waals surface area contributed by atoms with E-state index in [1.165, 1.54) is 0 Å². The smallest absolute Gasteiger partial charge is 0.249 e. The molecule has 2 saturated heterocycles. The quantitative estimate of drug-likeness (QED) is 0.821. The molecule has 3 aliphatic rings. The molecular formula is C15H24N2O4. The van der Waals surface area contributed by atoms with E-state index in [0.29, 0.717) is 32.8 Å². The van der Waals surface area contributed by atoms with Crippen LogP contribution < -0.4 is 5.32 Å². The lowest BCUT2D eigenvalue weighted by Crippen LogP contribution is -2.70. The minimum Gasteiger partial charge on any atom is -0.376 e. The van der Waals surface area contributed by atoms with Crippen molar-refractivity contribution in [3.05, 3.63) is 0 Å². The highest BCUT2D eigenvalue weighted by molar-refractivity contribution is 6.00. The molecule has 0 bridgehead atoms. The summed E-state index contributed by atoms with van der Waals surface area (Å²) < 4.78 is 11.1. The van der Waals surface area contributed by atoms with Gasteiger partial charge >= 0.3 is 0 Å². The number of nitrogens with zero attached hydrogens (tertiary/aromatic N) is 1. The Kier molecular flexibility index (Phi) is 4.17. The van der Waals surface area contributed by atoms with Crippen LogP contribution in [0.15, 0.2) is 0 Å². The van der Waals surface area contributed by atoms with Crippen molar-refractivity contribution in [3.8, 4) is 0 Å². The Balaban J connectivity index is 1.78. The van der Waals surface area contributed by atoms with Gasteiger partial charge in [-0.15, -0.1) is 0 Å². The molecule has 2 unspecified atom stereocenters. The van der Waals surface area contributed by atoms with Crippen LogP contribution in [0.4, 0.5) is 0 Å². The molecule has 2 amide bonds. The molecule has 21 heavy (non-hydrogen) atoms. The summed E-state index contributed by atoms with van der Waals surface area (Å²) in [4.78, 5) is 27.1. The third-order valence-corrected chi connectivity index (χ3v) is 4.84. The second-order valence-electron chi connectivity index (χ2n) is 6.23. The fraction of sp³-hybridized carbons (Fsp3) is 0.867. The third-order valence-electron chi connectivity index (χ3n) is 4.84. The van der Waals surface area contributed by atoms with Gasteiger partial charge in [0.1, 0.15) is 11.6 Å². The molecule has 6 heteroatoms. The van der Waals surface area contributed by atoms with Crippen LogP contribution in [0, 0.1) is 0 Å². The number of hydrogen-bond donors (Lipinski definition) is 1. The first kappa shape index (κ1) is 14.8. The van der Waals surface area contributed by atoms with Gasteiger partial charge in [-0.25, -0.2) is 0 Å². The minimum atomic E-state index is -0.654. The van der Waals surface area contributed by atoms with Gasteiger partial charge in [-0.2, -0.15) is 0 Å². The van der Waals surface area contributed by atoms with E-state index < -0.39 is 5.54 Å². The van der Waals surface area contributed by atoms with Gasteiger partial charge in [0.25, 0.3) is 0 Å². The van der Waals surface area contributed by atoms with Crippen LogP contribution in [0.3, 0.4) is 0 Å². The number of nitrogens with one attached hydrogen (secondary N) is 1. The monoisotopic (exact) mass is 296 g/mol. The second kappa shape index (κ2) is 5.93. The summed E-state index contributed by atoms with van der Waals surface area (Å²) >= 11 is 0. The number of piperazine rings is 1. The molecule has 0 aromatic rings. The van der Waals surface area contributed by atoms with Crippen LogP contribution in [0.1, 0.15) is 39.0 Å². The van der Waals surface area contributed by atoms with Gasteiger partial charge in [0.15, 0.2) is 0 Å². The molecule has 1 N–H and O–H groups in total. The Morgan fingerprint density at radius 3 is 2.67 bits per heavy atom. The number of rotatable bonds is 3. The van der Waals surface area contributed by atoms with Crippen LogP contribution in [-0.4, -0.2) is 60.8 Å². The molecule has 0 aromatic carbocycles. The fourth-order valence-corrected chi connectivity index (χ4v) is 3.73. The topological polar surface area (TPSA) is 67.9 Å². The maximum atomic E-state index is 13.0. The van der Waals surface area contributed by atoms with Gasteiger partial charge in [0, 0.05) is 0 Å². The average Bonchev–Trinajstić information content (AvgIpc) is 2.95. The zero-order valence-electron chi connectivity index (χ0n) is 12.6. The van der Waals surface area contributed by atoms with Crippen LogP contribution in [0.2, 0.25) is 0 Å². The summed E-state index contributed by atoms with van der Waals surface area (Å²) in [5, 5.41) is 3.01. The Morgan fingerprint density at radius 2 is 2.05 bits per heavy atom. The SMILES string of the molecule is CCC1C(=O)NC2(CCCC2)C(=O)N1CC1COCCO1. The van der Waals surface area contributed by atoms with E-state index in [9.17, 15) is 9.59 Å². The minimum absolute atomic E-state index is 0.0178. The molecule has 1 saturated carbocycles. The molecule has 2 atom stereocenters. The molecule has 1 spiro atoms. The molecule has 3 rings (SSSR count). The normalized spacial score (nSPS) is 32.5. The predicted octanol–water partition coefficient (Wildman–Crippen LogP) is 0.452. The van der Waals surface area contributed by atoms with Crippen LogP contribution in [0.25, 0.3) is 0 Å². The van der Waals surface area contributed by atoms with Crippen molar-refractivity contribution in [2.45, 2.75) is 56.7 Å². The van der Waals surface area contributed by atoms with Gasteiger partial charge in [-0.1, -0.05) is 19.8 Å². The molecule has 1 aliphatic carbocycles. The predicted molar refractivity (Wildman–Crippen MR) is 75.7 cm³/mol. The number of amides is 2. The highest BCUT2D eigenvalue weighted by Crippen LogP contribution is 2.35. The highest BCUT2D eigenvalue weighted by atomic mass is 16.6. The Hall–Kier alpha value is -1.14. The number of carbonyl (C=O) groups is 2. The molecule has 6 nitrogen and oxygen atoms in total.